The molecule has 2 saturated heterocycles. The Kier molecular flexibility index (Phi) is 6.01. The lowest BCUT2D eigenvalue weighted by atomic mass is 10.0. The summed E-state index contributed by atoms with van der Waals surface area (Å²) in [6.45, 7) is 9.78. The minimum Gasteiger partial charge on any atom is -0.379 e. The number of amides is 1. The second-order valence-corrected chi connectivity index (χ2v) is 7.56. The van der Waals surface area contributed by atoms with E-state index in [4.69, 9.17) is 4.74 Å². The fraction of sp³-hybridized carbons (Fsp3) is 0.524. The molecule has 2 aliphatic rings. The highest BCUT2D eigenvalue weighted by molar-refractivity contribution is 5.83. The van der Waals surface area contributed by atoms with Crippen molar-refractivity contribution in [3.63, 3.8) is 0 Å². The van der Waals surface area contributed by atoms with Crippen LogP contribution in [0.3, 0.4) is 0 Å². The lowest BCUT2D eigenvalue weighted by Gasteiger charge is -2.40. The maximum Gasteiger partial charge on any atom is 0.244 e. The highest BCUT2D eigenvalue weighted by Gasteiger charge is 2.34. The number of aryl methyl sites for hydroxylation is 1. The smallest absolute Gasteiger partial charge is 0.244 e. The van der Waals surface area contributed by atoms with Crippen molar-refractivity contribution < 1.29 is 9.53 Å². The number of anilines is 1. The highest BCUT2D eigenvalue weighted by atomic mass is 16.5. The number of ether oxygens (including phenoxy) is 1. The predicted octanol–water partition coefficient (Wildman–Crippen LogP) is 1.21. The molecule has 2 aromatic rings. The van der Waals surface area contributed by atoms with E-state index in [1.807, 2.05) is 24.0 Å². The largest absolute Gasteiger partial charge is 0.379 e. The van der Waals surface area contributed by atoms with Gasteiger partial charge in [0, 0.05) is 62.9 Å². The first-order valence-corrected chi connectivity index (χ1v) is 10.2. The van der Waals surface area contributed by atoms with Gasteiger partial charge in [0.1, 0.15) is 18.2 Å². The van der Waals surface area contributed by atoms with Gasteiger partial charge in [0.05, 0.1) is 13.2 Å². The van der Waals surface area contributed by atoms with Crippen LogP contribution in [0.2, 0.25) is 0 Å². The Morgan fingerprint density at radius 3 is 2.52 bits per heavy atom. The number of carbonyl (C=O) groups is 1. The van der Waals surface area contributed by atoms with Gasteiger partial charge in [-0.25, -0.2) is 9.97 Å². The molecule has 2 aromatic heterocycles. The monoisotopic (exact) mass is 396 g/mol. The summed E-state index contributed by atoms with van der Waals surface area (Å²) in [5, 5.41) is 0. The van der Waals surface area contributed by atoms with Gasteiger partial charge in [0.2, 0.25) is 5.91 Å². The first-order valence-electron chi connectivity index (χ1n) is 10.2. The van der Waals surface area contributed by atoms with E-state index in [9.17, 15) is 4.79 Å². The fourth-order valence-electron chi connectivity index (χ4n) is 4.04. The van der Waals surface area contributed by atoms with Gasteiger partial charge in [-0.3, -0.25) is 14.7 Å². The van der Waals surface area contributed by atoms with Crippen molar-refractivity contribution in [3.8, 4) is 0 Å². The van der Waals surface area contributed by atoms with E-state index in [2.05, 4.69) is 31.7 Å². The van der Waals surface area contributed by atoms with Gasteiger partial charge < -0.3 is 14.5 Å². The zero-order chi connectivity index (χ0) is 20.2. The molecular weight excluding hydrogens is 368 g/mol. The van der Waals surface area contributed by atoms with Crippen molar-refractivity contribution in [1.29, 1.82) is 0 Å². The quantitative estimate of drug-likeness (QED) is 0.769. The Morgan fingerprint density at radius 1 is 1.07 bits per heavy atom. The Bertz CT molecular complexity index is 832. The van der Waals surface area contributed by atoms with E-state index in [-0.39, 0.29) is 11.9 Å². The molecular formula is C21H28N6O2. The predicted molar refractivity (Wildman–Crippen MR) is 110 cm³/mol. The SMILES string of the molecule is Cc1ncnc(N2CCN(C(=O)C(c3cccnc3)N3CCOCC3)CC2)c1C. The van der Waals surface area contributed by atoms with E-state index in [1.165, 1.54) is 0 Å². The molecule has 8 heteroatoms. The Labute approximate surface area is 171 Å². The lowest BCUT2D eigenvalue weighted by Crippen LogP contribution is -2.53. The first-order chi connectivity index (χ1) is 14.1. The zero-order valence-corrected chi connectivity index (χ0v) is 17.1. The molecule has 8 nitrogen and oxygen atoms in total. The molecule has 4 rings (SSSR count). The summed E-state index contributed by atoms with van der Waals surface area (Å²) in [6, 6.07) is 3.59. The van der Waals surface area contributed by atoms with Gasteiger partial charge in [-0.2, -0.15) is 0 Å². The number of pyridine rings is 1. The molecule has 2 aliphatic heterocycles. The molecule has 1 amide bonds. The number of carbonyl (C=O) groups excluding carboxylic acids is 1. The van der Waals surface area contributed by atoms with E-state index in [1.54, 1.807) is 18.7 Å². The Balaban J connectivity index is 1.48. The molecule has 154 valence electrons. The van der Waals surface area contributed by atoms with Crippen LogP contribution in [0, 0.1) is 13.8 Å². The number of rotatable bonds is 4. The van der Waals surface area contributed by atoms with Crippen LogP contribution in [0.5, 0.6) is 0 Å². The molecule has 2 fully saturated rings. The van der Waals surface area contributed by atoms with Crippen LogP contribution in [-0.2, 0) is 9.53 Å². The molecule has 29 heavy (non-hydrogen) atoms. The molecule has 0 N–H and O–H groups in total. The van der Waals surface area contributed by atoms with Crippen molar-refractivity contribution in [2.45, 2.75) is 19.9 Å². The molecule has 0 bridgehead atoms. The van der Waals surface area contributed by atoms with Crippen molar-refractivity contribution in [2.24, 2.45) is 0 Å². The van der Waals surface area contributed by atoms with Crippen LogP contribution in [0.1, 0.15) is 22.9 Å². The summed E-state index contributed by atoms with van der Waals surface area (Å²) >= 11 is 0. The third-order valence-electron chi connectivity index (χ3n) is 5.85. The van der Waals surface area contributed by atoms with E-state index in [0.29, 0.717) is 26.3 Å². The average Bonchev–Trinajstić information content (AvgIpc) is 2.77. The van der Waals surface area contributed by atoms with Crippen LogP contribution in [-0.4, -0.2) is 83.1 Å². The normalized spacial score (nSPS) is 19.2. The summed E-state index contributed by atoms with van der Waals surface area (Å²) in [5.74, 6) is 1.12. The summed E-state index contributed by atoms with van der Waals surface area (Å²) < 4.78 is 5.49. The van der Waals surface area contributed by atoms with Crippen LogP contribution in [0.4, 0.5) is 5.82 Å². The molecule has 0 saturated carbocycles. The standard InChI is InChI=1S/C21H28N6O2/c1-16-17(2)23-15-24-20(16)26-6-8-27(9-7-26)21(28)19(18-4-3-5-22-14-18)25-10-12-29-13-11-25/h3-5,14-15,19H,6-13H2,1-2H3. The van der Waals surface area contributed by atoms with Crippen molar-refractivity contribution >= 4 is 11.7 Å². The number of hydrogen-bond acceptors (Lipinski definition) is 7. The highest BCUT2D eigenvalue weighted by Crippen LogP contribution is 2.26. The summed E-state index contributed by atoms with van der Waals surface area (Å²) in [4.78, 5) is 33.0. The van der Waals surface area contributed by atoms with Gasteiger partial charge in [0.25, 0.3) is 0 Å². The Hall–Kier alpha value is -2.58. The molecule has 0 spiro atoms. The molecule has 4 heterocycles. The summed E-state index contributed by atoms with van der Waals surface area (Å²) in [7, 11) is 0. The van der Waals surface area contributed by atoms with Gasteiger partial charge in [-0.05, 0) is 25.5 Å². The third-order valence-corrected chi connectivity index (χ3v) is 5.85. The zero-order valence-electron chi connectivity index (χ0n) is 17.1. The molecule has 0 aliphatic carbocycles. The summed E-state index contributed by atoms with van der Waals surface area (Å²) in [6.07, 6.45) is 5.17. The number of hydrogen-bond donors (Lipinski definition) is 0. The van der Waals surface area contributed by atoms with Crippen LogP contribution in [0.25, 0.3) is 0 Å². The van der Waals surface area contributed by atoms with Gasteiger partial charge in [-0.1, -0.05) is 6.07 Å². The molecule has 0 aromatic carbocycles. The third kappa shape index (κ3) is 4.23. The molecule has 1 unspecified atom stereocenters. The Morgan fingerprint density at radius 2 is 1.83 bits per heavy atom. The number of morpholine rings is 1. The van der Waals surface area contributed by atoms with Crippen LogP contribution >= 0.6 is 0 Å². The van der Waals surface area contributed by atoms with Gasteiger partial charge in [-0.15, -0.1) is 0 Å². The van der Waals surface area contributed by atoms with E-state index < -0.39 is 0 Å². The lowest BCUT2D eigenvalue weighted by molar-refractivity contribution is -0.139. The summed E-state index contributed by atoms with van der Waals surface area (Å²) in [5.41, 5.74) is 3.05. The second-order valence-electron chi connectivity index (χ2n) is 7.56. The first kappa shape index (κ1) is 19.7. The maximum absolute atomic E-state index is 13.5. The molecule has 0 radical (unpaired) electrons. The minimum absolute atomic E-state index is 0.148. The van der Waals surface area contributed by atoms with Crippen molar-refractivity contribution in [2.75, 3.05) is 57.4 Å². The van der Waals surface area contributed by atoms with E-state index in [0.717, 1.165) is 48.8 Å². The van der Waals surface area contributed by atoms with Gasteiger partial charge >= 0.3 is 0 Å². The molecule has 1 atom stereocenters. The number of nitrogens with zero attached hydrogens (tertiary/aromatic N) is 6. The average molecular weight is 396 g/mol. The van der Waals surface area contributed by atoms with Crippen LogP contribution in [0.15, 0.2) is 30.9 Å². The van der Waals surface area contributed by atoms with Crippen LogP contribution < -0.4 is 4.90 Å². The van der Waals surface area contributed by atoms with E-state index >= 15 is 0 Å². The minimum atomic E-state index is -0.304. The topological polar surface area (TPSA) is 74.7 Å². The van der Waals surface area contributed by atoms with Crippen molar-refractivity contribution in [1.82, 2.24) is 24.8 Å². The number of piperazine rings is 1. The fourth-order valence-corrected chi connectivity index (χ4v) is 4.04. The van der Waals surface area contributed by atoms with Gasteiger partial charge in [0.15, 0.2) is 0 Å². The maximum atomic E-state index is 13.5. The number of aromatic nitrogens is 3. The second kappa shape index (κ2) is 8.84. The van der Waals surface area contributed by atoms with Crippen molar-refractivity contribution in [3.05, 3.63) is 47.7 Å².